The van der Waals surface area contributed by atoms with Gasteiger partial charge < -0.3 is 4.74 Å². The van der Waals surface area contributed by atoms with Gasteiger partial charge in [0.25, 0.3) is 0 Å². The molecule has 2 aromatic rings. The fraction of sp³-hybridized carbons (Fsp3) is 0.375. The molecule has 0 unspecified atom stereocenters. The molecule has 21 heavy (non-hydrogen) atoms. The Hall–Kier alpha value is -2.14. The highest BCUT2D eigenvalue weighted by Crippen LogP contribution is 2.33. The van der Waals surface area contributed by atoms with E-state index in [1.807, 2.05) is 24.3 Å². The zero-order valence-electron chi connectivity index (χ0n) is 12.1. The van der Waals surface area contributed by atoms with Crippen molar-refractivity contribution in [2.75, 3.05) is 19.1 Å². The summed E-state index contributed by atoms with van der Waals surface area (Å²) in [6.45, 7) is 0.419. The van der Waals surface area contributed by atoms with Gasteiger partial charge in [0.05, 0.1) is 24.2 Å². The Morgan fingerprint density at radius 1 is 1.33 bits per heavy atom. The van der Waals surface area contributed by atoms with Crippen LogP contribution in [0.1, 0.15) is 24.1 Å². The van der Waals surface area contributed by atoms with Gasteiger partial charge in [-0.15, -0.1) is 0 Å². The normalized spacial score (nSPS) is 13.2. The summed E-state index contributed by atoms with van der Waals surface area (Å²) < 4.78 is 4.91. The second-order valence-electron chi connectivity index (χ2n) is 5.20. The van der Waals surface area contributed by atoms with Gasteiger partial charge >= 0.3 is 0 Å². The third kappa shape index (κ3) is 2.83. The molecule has 0 aliphatic heterocycles. The van der Waals surface area contributed by atoms with E-state index in [2.05, 4.69) is 10.9 Å². The second-order valence-corrected chi connectivity index (χ2v) is 5.20. The van der Waals surface area contributed by atoms with Crippen LogP contribution >= 0.6 is 0 Å². The monoisotopic (exact) mass is 285 g/mol. The number of hydrogen-bond donors (Lipinski definition) is 2. The summed E-state index contributed by atoms with van der Waals surface area (Å²) in [7, 11) is 1.59. The number of nitrogens with one attached hydrogen (secondary N) is 2. The van der Waals surface area contributed by atoms with E-state index in [9.17, 15) is 4.79 Å². The lowest BCUT2D eigenvalue weighted by Crippen LogP contribution is -2.30. The van der Waals surface area contributed by atoms with Crippen LogP contribution in [-0.4, -0.2) is 24.6 Å². The fourth-order valence-electron chi connectivity index (χ4n) is 2.74. The molecule has 1 heterocycles. The molecule has 0 saturated heterocycles. The molecule has 0 atom stereocenters. The molecule has 0 spiro atoms. The highest BCUT2D eigenvalue weighted by atomic mass is 16.5. The molecule has 0 fully saturated rings. The van der Waals surface area contributed by atoms with Gasteiger partial charge in [0, 0.05) is 18.2 Å². The zero-order valence-corrected chi connectivity index (χ0v) is 12.1. The summed E-state index contributed by atoms with van der Waals surface area (Å²) >= 11 is 0. The standard InChI is InChI=1S/C16H19N3O2/c1-21-10-9-15(20)18-19-16-11-5-2-3-7-13(11)17-14-8-4-6-12(14)16/h2-3,5,7H,4,6,8-10H2,1H3,(H,17,19)(H,18,20). The predicted octanol–water partition coefficient (Wildman–Crippen LogP) is 2.20. The molecular formula is C16H19N3O2. The number of aromatic nitrogens is 1. The van der Waals surface area contributed by atoms with E-state index in [0.717, 1.165) is 41.5 Å². The molecule has 110 valence electrons. The van der Waals surface area contributed by atoms with E-state index in [0.29, 0.717) is 13.0 Å². The van der Waals surface area contributed by atoms with E-state index < -0.39 is 0 Å². The number of hydrazine groups is 1. The SMILES string of the molecule is COCCC(=O)NNc1c2c(nc3ccccc13)CCC2. The van der Waals surface area contributed by atoms with Crippen LogP contribution in [0.4, 0.5) is 5.69 Å². The van der Waals surface area contributed by atoms with Gasteiger partial charge in [0.1, 0.15) is 0 Å². The summed E-state index contributed by atoms with van der Waals surface area (Å²) in [5, 5.41) is 1.05. The van der Waals surface area contributed by atoms with Gasteiger partial charge in [-0.25, -0.2) is 0 Å². The number of benzene rings is 1. The number of carbonyl (C=O) groups excluding carboxylic acids is 1. The van der Waals surface area contributed by atoms with Crippen molar-refractivity contribution in [2.45, 2.75) is 25.7 Å². The molecule has 1 aromatic heterocycles. The minimum Gasteiger partial charge on any atom is -0.384 e. The van der Waals surface area contributed by atoms with Crippen LogP contribution in [0.2, 0.25) is 0 Å². The number of amides is 1. The summed E-state index contributed by atoms with van der Waals surface area (Å²) in [5.41, 5.74) is 10.2. The average Bonchev–Trinajstić information content (AvgIpc) is 2.97. The molecule has 5 nitrogen and oxygen atoms in total. The van der Waals surface area contributed by atoms with Gasteiger partial charge in [-0.05, 0) is 30.9 Å². The largest absolute Gasteiger partial charge is 0.384 e. The number of pyridine rings is 1. The first kappa shape index (κ1) is 13.8. The molecule has 1 amide bonds. The smallest absolute Gasteiger partial charge is 0.240 e. The van der Waals surface area contributed by atoms with Crippen LogP contribution < -0.4 is 10.9 Å². The van der Waals surface area contributed by atoms with E-state index in [-0.39, 0.29) is 5.91 Å². The number of nitrogens with zero attached hydrogens (tertiary/aromatic N) is 1. The van der Waals surface area contributed by atoms with Gasteiger partial charge in [-0.3, -0.25) is 20.6 Å². The van der Waals surface area contributed by atoms with Crippen LogP contribution in [0.15, 0.2) is 24.3 Å². The molecule has 0 radical (unpaired) electrons. The molecular weight excluding hydrogens is 266 g/mol. The van der Waals surface area contributed by atoms with Crippen molar-refractivity contribution in [3.63, 3.8) is 0 Å². The van der Waals surface area contributed by atoms with Crippen LogP contribution in [0.5, 0.6) is 0 Å². The lowest BCUT2D eigenvalue weighted by molar-refractivity contribution is -0.121. The minimum absolute atomic E-state index is 0.0792. The quantitative estimate of drug-likeness (QED) is 0.827. The first-order chi connectivity index (χ1) is 10.3. The fourth-order valence-corrected chi connectivity index (χ4v) is 2.74. The van der Waals surface area contributed by atoms with Gasteiger partial charge in [-0.1, -0.05) is 18.2 Å². The molecule has 0 bridgehead atoms. The summed E-state index contributed by atoms with van der Waals surface area (Å²) in [6, 6.07) is 8.01. The Morgan fingerprint density at radius 2 is 2.19 bits per heavy atom. The van der Waals surface area contributed by atoms with Gasteiger partial charge in [-0.2, -0.15) is 0 Å². The highest BCUT2D eigenvalue weighted by Gasteiger charge is 2.19. The maximum Gasteiger partial charge on any atom is 0.240 e. The maximum atomic E-state index is 11.7. The Kier molecular flexibility index (Phi) is 4.01. The number of ether oxygens (including phenoxy) is 1. The lowest BCUT2D eigenvalue weighted by atomic mass is 10.1. The molecule has 2 N–H and O–H groups in total. The van der Waals surface area contributed by atoms with Crippen LogP contribution in [0.3, 0.4) is 0 Å². The third-order valence-electron chi connectivity index (χ3n) is 3.78. The molecule has 1 aromatic carbocycles. The van der Waals surface area contributed by atoms with E-state index in [4.69, 9.17) is 9.72 Å². The number of hydrogen-bond acceptors (Lipinski definition) is 4. The maximum absolute atomic E-state index is 11.7. The van der Waals surface area contributed by atoms with Crippen molar-refractivity contribution < 1.29 is 9.53 Å². The van der Waals surface area contributed by atoms with Crippen molar-refractivity contribution in [3.8, 4) is 0 Å². The second kappa shape index (κ2) is 6.10. The van der Waals surface area contributed by atoms with Crippen molar-refractivity contribution in [1.29, 1.82) is 0 Å². The first-order valence-corrected chi connectivity index (χ1v) is 7.24. The van der Waals surface area contributed by atoms with E-state index >= 15 is 0 Å². The molecule has 5 heteroatoms. The Labute approximate surface area is 123 Å². The molecule has 3 rings (SSSR count). The van der Waals surface area contributed by atoms with Crippen molar-refractivity contribution in [2.24, 2.45) is 0 Å². The number of para-hydroxylation sites is 1. The topological polar surface area (TPSA) is 63.2 Å². The summed E-state index contributed by atoms with van der Waals surface area (Å²) in [5.74, 6) is -0.0792. The molecule has 1 aliphatic rings. The lowest BCUT2D eigenvalue weighted by Gasteiger charge is -2.15. The Bertz CT molecular complexity index is 670. The predicted molar refractivity (Wildman–Crippen MR) is 82.0 cm³/mol. The van der Waals surface area contributed by atoms with E-state index in [1.165, 1.54) is 5.56 Å². The summed E-state index contributed by atoms with van der Waals surface area (Å²) in [6.07, 6.45) is 3.47. The number of fused-ring (bicyclic) bond motifs is 2. The first-order valence-electron chi connectivity index (χ1n) is 7.24. The van der Waals surface area contributed by atoms with Crippen molar-refractivity contribution in [1.82, 2.24) is 10.4 Å². The number of anilines is 1. The average molecular weight is 285 g/mol. The summed E-state index contributed by atoms with van der Waals surface area (Å²) in [4.78, 5) is 16.5. The van der Waals surface area contributed by atoms with Crippen molar-refractivity contribution >= 4 is 22.5 Å². The molecule has 1 aliphatic carbocycles. The number of methoxy groups -OCH3 is 1. The number of carbonyl (C=O) groups is 1. The van der Waals surface area contributed by atoms with Gasteiger partial charge in [0.15, 0.2) is 0 Å². The van der Waals surface area contributed by atoms with E-state index in [1.54, 1.807) is 7.11 Å². The zero-order chi connectivity index (χ0) is 14.7. The minimum atomic E-state index is -0.0792. The van der Waals surface area contributed by atoms with Crippen LogP contribution in [0.25, 0.3) is 10.9 Å². The Morgan fingerprint density at radius 3 is 3.05 bits per heavy atom. The van der Waals surface area contributed by atoms with Crippen LogP contribution in [-0.2, 0) is 22.4 Å². The van der Waals surface area contributed by atoms with Crippen LogP contribution in [0, 0.1) is 0 Å². The van der Waals surface area contributed by atoms with Gasteiger partial charge in [0.2, 0.25) is 5.91 Å². The molecule has 0 saturated carbocycles. The highest BCUT2D eigenvalue weighted by molar-refractivity contribution is 5.94. The Balaban J connectivity index is 1.88. The third-order valence-corrected chi connectivity index (χ3v) is 3.78. The number of rotatable bonds is 5. The van der Waals surface area contributed by atoms with Crippen molar-refractivity contribution in [3.05, 3.63) is 35.5 Å². The number of aryl methyl sites for hydroxylation is 1.